The van der Waals surface area contributed by atoms with Crippen LogP contribution in [0, 0.1) is 13.8 Å². The Kier molecular flexibility index (Phi) is 5.36. The Bertz CT molecular complexity index is 964. The van der Waals surface area contributed by atoms with E-state index in [0.717, 1.165) is 55.4 Å². The van der Waals surface area contributed by atoms with Crippen molar-refractivity contribution in [2.45, 2.75) is 19.9 Å². The highest BCUT2D eigenvalue weighted by molar-refractivity contribution is 5.95. The number of nitrogens with zero attached hydrogens (tertiary/aromatic N) is 4. The first-order valence-corrected chi connectivity index (χ1v) is 9.60. The van der Waals surface area contributed by atoms with Gasteiger partial charge in [-0.3, -0.25) is 9.69 Å². The summed E-state index contributed by atoms with van der Waals surface area (Å²) in [5.74, 6) is -0.137. The summed E-state index contributed by atoms with van der Waals surface area (Å²) in [6, 6.07) is 11.9. The standard InChI is InChI=1S/C21H25N5O2/c1-15-12-20-22-13-18(16(2)26(20)24-15)21(27)23-19(17-6-4-3-5-7-17)14-25-8-10-28-11-9-25/h3-7,12-13,19H,8-11,14H2,1-2H3,(H,23,27)/t19-/m0/s1. The average molecular weight is 379 g/mol. The number of amides is 1. The number of carbonyl (C=O) groups is 1. The first-order chi connectivity index (χ1) is 13.6. The van der Waals surface area contributed by atoms with Crippen LogP contribution >= 0.6 is 0 Å². The third-order valence-corrected chi connectivity index (χ3v) is 5.14. The molecule has 0 aliphatic carbocycles. The summed E-state index contributed by atoms with van der Waals surface area (Å²) in [6.07, 6.45) is 1.64. The zero-order chi connectivity index (χ0) is 19.5. The van der Waals surface area contributed by atoms with E-state index in [-0.39, 0.29) is 11.9 Å². The van der Waals surface area contributed by atoms with Gasteiger partial charge in [0.15, 0.2) is 5.65 Å². The van der Waals surface area contributed by atoms with Gasteiger partial charge >= 0.3 is 0 Å². The monoisotopic (exact) mass is 379 g/mol. The summed E-state index contributed by atoms with van der Waals surface area (Å²) in [4.78, 5) is 19.8. The normalized spacial score (nSPS) is 16.2. The topological polar surface area (TPSA) is 71.8 Å². The molecule has 1 aliphatic rings. The Morgan fingerprint density at radius 1 is 1.21 bits per heavy atom. The molecule has 1 fully saturated rings. The maximum absolute atomic E-state index is 13.1. The van der Waals surface area contributed by atoms with Crippen molar-refractivity contribution in [2.75, 3.05) is 32.8 Å². The number of aromatic nitrogens is 3. The number of hydrogen-bond acceptors (Lipinski definition) is 5. The molecule has 146 valence electrons. The van der Waals surface area contributed by atoms with Gasteiger partial charge in [0.05, 0.1) is 36.2 Å². The molecule has 1 aromatic carbocycles. The molecule has 0 unspecified atom stereocenters. The van der Waals surface area contributed by atoms with Gasteiger partial charge in [0.2, 0.25) is 0 Å². The predicted octanol–water partition coefficient (Wildman–Crippen LogP) is 2.15. The second-order valence-corrected chi connectivity index (χ2v) is 7.16. The second-order valence-electron chi connectivity index (χ2n) is 7.16. The van der Waals surface area contributed by atoms with Crippen LogP contribution in [0.5, 0.6) is 0 Å². The third-order valence-electron chi connectivity index (χ3n) is 5.14. The van der Waals surface area contributed by atoms with Crippen molar-refractivity contribution in [3.8, 4) is 0 Å². The maximum Gasteiger partial charge on any atom is 0.255 e. The average Bonchev–Trinajstić information content (AvgIpc) is 3.10. The Hall–Kier alpha value is -2.77. The minimum Gasteiger partial charge on any atom is -0.379 e. The second kappa shape index (κ2) is 8.08. The lowest BCUT2D eigenvalue weighted by Crippen LogP contribution is -2.43. The van der Waals surface area contributed by atoms with Crippen LogP contribution in [0.1, 0.15) is 33.4 Å². The van der Waals surface area contributed by atoms with Crippen molar-refractivity contribution < 1.29 is 9.53 Å². The fourth-order valence-corrected chi connectivity index (χ4v) is 3.58. The van der Waals surface area contributed by atoms with Crippen LogP contribution in [0.15, 0.2) is 42.6 Å². The molecule has 28 heavy (non-hydrogen) atoms. The van der Waals surface area contributed by atoms with Gasteiger partial charge in [-0.15, -0.1) is 0 Å². The molecule has 0 spiro atoms. The van der Waals surface area contributed by atoms with Crippen LogP contribution in [0.2, 0.25) is 0 Å². The number of benzene rings is 1. The van der Waals surface area contributed by atoms with E-state index in [1.807, 2.05) is 38.1 Å². The Labute approximate surface area is 164 Å². The molecule has 1 amide bonds. The van der Waals surface area contributed by atoms with Crippen molar-refractivity contribution in [3.05, 3.63) is 65.1 Å². The van der Waals surface area contributed by atoms with Gasteiger partial charge in [-0.2, -0.15) is 5.10 Å². The molecule has 1 saturated heterocycles. The Balaban J connectivity index is 1.58. The molecular formula is C21H25N5O2. The summed E-state index contributed by atoms with van der Waals surface area (Å²) in [5, 5.41) is 7.65. The van der Waals surface area contributed by atoms with E-state index >= 15 is 0 Å². The first kappa shape index (κ1) is 18.6. The number of rotatable bonds is 5. The molecule has 0 bridgehead atoms. The lowest BCUT2D eigenvalue weighted by molar-refractivity contribution is 0.0332. The number of hydrogen-bond donors (Lipinski definition) is 1. The molecule has 3 aromatic rings. The first-order valence-electron chi connectivity index (χ1n) is 9.60. The van der Waals surface area contributed by atoms with Crippen molar-refractivity contribution >= 4 is 11.6 Å². The zero-order valence-corrected chi connectivity index (χ0v) is 16.3. The van der Waals surface area contributed by atoms with E-state index in [1.54, 1.807) is 10.7 Å². The minimum atomic E-state index is -0.137. The molecule has 0 saturated carbocycles. The summed E-state index contributed by atoms with van der Waals surface area (Å²) < 4.78 is 7.17. The molecule has 7 heteroatoms. The fourth-order valence-electron chi connectivity index (χ4n) is 3.58. The number of ether oxygens (including phenoxy) is 1. The van der Waals surface area contributed by atoms with E-state index in [0.29, 0.717) is 5.56 Å². The summed E-state index contributed by atoms with van der Waals surface area (Å²) in [6.45, 7) is 7.77. The van der Waals surface area contributed by atoms with Crippen LogP contribution in [0.25, 0.3) is 5.65 Å². The Morgan fingerprint density at radius 3 is 2.71 bits per heavy atom. The van der Waals surface area contributed by atoms with Gasteiger partial charge in [0.25, 0.3) is 5.91 Å². The molecule has 0 radical (unpaired) electrons. The van der Waals surface area contributed by atoms with E-state index in [4.69, 9.17) is 4.74 Å². The van der Waals surface area contributed by atoms with Gasteiger partial charge in [-0.05, 0) is 19.4 Å². The van der Waals surface area contributed by atoms with Crippen LogP contribution < -0.4 is 5.32 Å². The predicted molar refractivity (Wildman–Crippen MR) is 106 cm³/mol. The van der Waals surface area contributed by atoms with Crippen molar-refractivity contribution in [3.63, 3.8) is 0 Å². The van der Waals surface area contributed by atoms with Crippen LogP contribution in [0.3, 0.4) is 0 Å². The highest BCUT2D eigenvalue weighted by Crippen LogP contribution is 2.18. The highest BCUT2D eigenvalue weighted by Gasteiger charge is 2.22. The van der Waals surface area contributed by atoms with E-state index in [9.17, 15) is 4.79 Å². The van der Waals surface area contributed by atoms with Gasteiger partial charge in [0, 0.05) is 31.9 Å². The van der Waals surface area contributed by atoms with Crippen molar-refractivity contribution in [1.82, 2.24) is 24.8 Å². The fraction of sp³-hybridized carbons (Fsp3) is 0.381. The minimum absolute atomic E-state index is 0.110. The third kappa shape index (κ3) is 3.90. The maximum atomic E-state index is 13.1. The number of nitrogens with one attached hydrogen (secondary N) is 1. The van der Waals surface area contributed by atoms with E-state index in [2.05, 4.69) is 32.4 Å². The van der Waals surface area contributed by atoms with E-state index < -0.39 is 0 Å². The van der Waals surface area contributed by atoms with Crippen LogP contribution in [-0.2, 0) is 4.74 Å². The van der Waals surface area contributed by atoms with Crippen LogP contribution in [-0.4, -0.2) is 58.3 Å². The van der Waals surface area contributed by atoms with Crippen molar-refractivity contribution in [1.29, 1.82) is 0 Å². The van der Waals surface area contributed by atoms with E-state index in [1.165, 1.54) is 0 Å². The SMILES string of the molecule is Cc1cc2ncc(C(=O)N[C@@H](CN3CCOCC3)c3ccccc3)c(C)n2n1. The molecule has 7 nitrogen and oxygen atoms in total. The van der Waals surface area contributed by atoms with Crippen LogP contribution in [0.4, 0.5) is 0 Å². The lowest BCUT2D eigenvalue weighted by atomic mass is 10.1. The molecule has 1 aliphatic heterocycles. The molecule has 2 aromatic heterocycles. The van der Waals surface area contributed by atoms with Gasteiger partial charge in [-0.25, -0.2) is 9.50 Å². The number of morpholine rings is 1. The Morgan fingerprint density at radius 2 is 1.96 bits per heavy atom. The molecule has 3 heterocycles. The lowest BCUT2D eigenvalue weighted by Gasteiger charge is -2.31. The summed E-state index contributed by atoms with van der Waals surface area (Å²) >= 11 is 0. The van der Waals surface area contributed by atoms with Gasteiger partial charge in [0.1, 0.15) is 0 Å². The molecule has 1 N–H and O–H groups in total. The number of aryl methyl sites for hydroxylation is 2. The quantitative estimate of drug-likeness (QED) is 0.735. The number of carbonyl (C=O) groups excluding carboxylic acids is 1. The molecular weight excluding hydrogens is 354 g/mol. The summed E-state index contributed by atoms with van der Waals surface area (Å²) in [7, 11) is 0. The molecule has 1 atom stereocenters. The molecule has 4 rings (SSSR count). The van der Waals surface area contributed by atoms with Crippen molar-refractivity contribution in [2.24, 2.45) is 0 Å². The summed E-state index contributed by atoms with van der Waals surface area (Å²) in [5.41, 5.74) is 4.04. The smallest absolute Gasteiger partial charge is 0.255 e. The highest BCUT2D eigenvalue weighted by atomic mass is 16.5. The number of fused-ring (bicyclic) bond motifs is 1. The van der Waals surface area contributed by atoms with Gasteiger partial charge in [-0.1, -0.05) is 30.3 Å². The van der Waals surface area contributed by atoms with Gasteiger partial charge < -0.3 is 10.1 Å². The zero-order valence-electron chi connectivity index (χ0n) is 16.3. The largest absolute Gasteiger partial charge is 0.379 e.